The molecule has 2 unspecified atom stereocenters. The second-order valence-corrected chi connectivity index (χ2v) is 10.8. The standard InChI is InChI=1S/C20H25NO3S2/c22-19(21-16-4-5-17-18(12-16)24-7-6-23-17)13-10-14-2-1-3-15(11-13)20(14)25-8-9-26-20/h4-5,12-15H,1-3,6-11H2,(H,21,22). The quantitative estimate of drug-likeness (QED) is 0.810. The lowest BCUT2D eigenvalue weighted by Gasteiger charge is -2.52. The van der Waals surface area contributed by atoms with Crippen LogP contribution in [-0.4, -0.2) is 34.7 Å². The Labute approximate surface area is 163 Å². The van der Waals surface area contributed by atoms with Gasteiger partial charge in [0.1, 0.15) is 13.2 Å². The highest BCUT2D eigenvalue weighted by molar-refractivity contribution is 8.21. The van der Waals surface area contributed by atoms with Gasteiger partial charge in [-0.1, -0.05) is 6.42 Å². The molecule has 1 amide bonds. The summed E-state index contributed by atoms with van der Waals surface area (Å²) >= 11 is 4.38. The van der Waals surface area contributed by atoms with Crippen LogP contribution in [0.15, 0.2) is 18.2 Å². The lowest BCUT2D eigenvalue weighted by atomic mass is 9.67. The van der Waals surface area contributed by atoms with E-state index in [1.165, 1.54) is 30.8 Å². The minimum absolute atomic E-state index is 0.144. The van der Waals surface area contributed by atoms with Crippen LogP contribution in [0.3, 0.4) is 0 Å². The number of anilines is 1. The summed E-state index contributed by atoms with van der Waals surface area (Å²) in [5, 5.41) is 3.14. The molecule has 6 heteroatoms. The number of carbonyl (C=O) groups is 1. The number of hydrogen-bond donors (Lipinski definition) is 1. The number of nitrogens with one attached hydrogen (secondary N) is 1. The zero-order valence-electron chi connectivity index (χ0n) is 14.9. The maximum absolute atomic E-state index is 13.0. The van der Waals surface area contributed by atoms with Crippen LogP contribution < -0.4 is 14.8 Å². The van der Waals surface area contributed by atoms with Gasteiger partial charge in [0, 0.05) is 29.2 Å². The van der Waals surface area contributed by atoms with Crippen molar-refractivity contribution in [3.8, 4) is 11.5 Å². The lowest BCUT2D eigenvalue weighted by Crippen LogP contribution is -2.48. The first-order chi connectivity index (χ1) is 12.7. The molecule has 1 saturated heterocycles. The number of thioether (sulfide) groups is 2. The van der Waals surface area contributed by atoms with Crippen molar-refractivity contribution in [1.82, 2.24) is 0 Å². The number of carbonyl (C=O) groups excluding carboxylic acids is 1. The number of fused-ring (bicyclic) bond motifs is 1. The van der Waals surface area contributed by atoms with Gasteiger partial charge in [0.05, 0.1) is 4.08 Å². The Morgan fingerprint density at radius 1 is 1.04 bits per heavy atom. The SMILES string of the molecule is O=C(Nc1ccc2c(c1)OCCO2)C1CC2CCCC(C1)C21SCCS1. The molecule has 1 N–H and O–H groups in total. The fraction of sp³-hybridized carbons (Fsp3) is 0.650. The van der Waals surface area contributed by atoms with Gasteiger partial charge in [-0.15, -0.1) is 23.5 Å². The third-order valence-electron chi connectivity index (χ3n) is 6.30. The molecule has 5 rings (SSSR count). The minimum Gasteiger partial charge on any atom is -0.486 e. The van der Waals surface area contributed by atoms with Crippen LogP contribution >= 0.6 is 23.5 Å². The van der Waals surface area contributed by atoms with Crippen molar-refractivity contribution in [1.29, 1.82) is 0 Å². The van der Waals surface area contributed by atoms with Gasteiger partial charge in [-0.2, -0.15) is 0 Å². The van der Waals surface area contributed by atoms with Crippen LogP contribution in [0.25, 0.3) is 0 Å². The predicted molar refractivity (Wildman–Crippen MR) is 107 cm³/mol. The first-order valence-corrected chi connectivity index (χ1v) is 11.7. The zero-order valence-corrected chi connectivity index (χ0v) is 16.5. The van der Waals surface area contributed by atoms with Gasteiger partial charge in [0.2, 0.25) is 5.91 Å². The highest BCUT2D eigenvalue weighted by Crippen LogP contribution is 2.64. The Kier molecular flexibility index (Phi) is 4.52. The largest absolute Gasteiger partial charge is 0.486 e. The molecule has 3 fully saturated rings. The maximum Gasteiger partial charge on any atom is 0.227 e. The van der Waals surface area contributed by atoms with E-state index in [-0.39, 0.29) is 11.8 Å². The second-order valence-electron chi connectivity index (χ2n) is 7.76. The maximum atomic E-state index is 13.0. The third kappa shape index (κ3) is 2.89. The Bertz CT molecular complexity index is 688. The summed E-state index contributed by atoms with van der Waals surface area (Å²) in [5.74, 6) is 5.78. The molecule has 2 bridgehead atoms. The number of benzene rings is 1. The summed E-state index contributed by atoms with van der Waals surface area (Å²) < 4.78 is 11.6. The highest BCUT2D eigenvalue weighted by Gasteiger charge is 2.55. The van der Waals surface area contributed by atoms with Crippen molar-refractivity contribution in [2.45, 2.75) is 36.2 Å². The number of rotatable bonds is 2. The monoisotopic (exact) mass is 391 g/mol. The molecule has 140 valence electrons. The molecule has 26 heavy (non-hydrogen) atoms. The molecule has 0 aromatic heterocycles. The molecule has 2 heterocycles. The van der Waals surface area contributed by atoms with E-state index in [0.29, 0.717) is 29.1 Å². The third-order valence-corrected chi connectivity index (χ3v) is 10.3. The summed E-state index contributed by atoms with van der Waals surface area (Å²) in [6.45, 7) is 1.15. The molecule has 2 atom stereocenters. The molecular formula is C20H25NO3S2. The number of amides is 1. The second kappa shape index (κ2) is 6.86. The van der Waals surface area contributed by atoms with Gasteiger partial charge in [0.15, 0.2) is 11.5 Å². The van der Waals surface area contributed by atoms with Crippen molar-refractivity contribution in [2.24, 2.45) is 17.8 Å². The molecule has 4 nitrogen and oxygen atoms in total. The van der Waals surface area contributed by atoms with E-state index in [1.807, 2.05) is 18.2 Å². The zero-order chi connectivity index (χ0) is 17.6. The van der Waals surface area contributed by atoms with Gasteiger partial charge < -0.3 is 14.8 Å². The Morgan fingerprint density at radius 2 is 1.73 bits per heavy atom. The normalized spacial score (nSPS) is 31.6. The van der Waals surface area contributed by atoms with Crippen LogP contribution in [0, 0.1) is 17.8 Å². The fourth-order valence-electron chi connectivity index (χ4n) is 5.19. The van der Waals surface area contributed by atoms with Crippen molar-refractivity contribution in [3.05, 3.63) is 18.2 Å². The van der Waals surface area contributed by atoms with E-state index in [1.54, 1.807) is 0 Å². The van der Waals surface area contributed by atoms with E-state index < -0.39 is 0 Å². The first kappa shape index (κ1) is 17.1. The molecule has 2 saturated carbocycles. The topological polar surface area (TPSA) is 47.6 Å². The Balaban J connectivity index is 1.29. The summed E-state index contributed by atoms with van der Waals surface area (Å²) in [7, 11) is 0. The predicted octanol–water partition coefficient (Wildman–Crippen LogP) is 4.40. The molecule has 4 aliphatic rings. The lowest BCUT2D eigenvalue weighted by molar-refractivity contribution is -0.122. The average molecular weight is 392 g/mol. The molecule has 1 spiro atoms. The van der Waals surface area contributed by atoms with Gasteiger partial charge in [-0.3, -0.25) is 4.79 Å². The molecular weight excluding hydrogens is 366 g/mol. The van der Waals surface area contributed by atoms with Gasteiger partial charge in [-0.25, -0.2) is 0 Å². The highest BCUT2D eigenvalue weighted by atomic mass is 32.2. The fourth-order valence-corrected chi connectivity index (χ4v) is 9.13. The summed E-state index contributed by atoms with van der Waals surface area (Å²) in [6.07, 6.45) is 6.03. The van der Waals surface area contributed by atoms with Crippen molar-refractivity contribution in [3.63, 3.8) is 0 Å². The molecule has 1 aromatic rings. The van der Waals surface area contributed by atoms with Crippen LogP contribution in [0.5, 0.6) is 11.5 Å². The Morgan fingerprint density at radius 3 is 2.46 bits per heavy atom. The van der Waals surface area contributed by atoms with E-state index in [4.69, 9.17) is 9.47 Å². The molecule has 1 aromatic carbocycles. The molecule has 0 radical (unpaired) electrons. The van der Waals surface area contributed by atoms with Crippen molar-refractivity contribution < 1.29 is 14.3 Å². The van der Waals surface area contributed by atoms with E-state index in [2.05, 4.69) is 28.8 Å². The number of ether oxygens (including phenoxy) is 2. The van der Waals surface area contributed by atoms with E-state index in [0.717, 1.165) is 30.0 Å². The van der Waals surface area contributed by atoms with Crippen molar-refractivity contribution in [2.75, 3.05) is 30.0 Å². The van der Waals surface area contributed by atoms with Gasteiger partial charge >= 0.3 is 0 Å². The van der Waals surface area contributed by atoms with Gasteiger partial charge in [0.25, 0.3) is 0 Å². The summed E-state index contributed by atoms with van der Waals surface area (Å²) in [6, 6.07) is 5.69. The number of hydrogen-bond acceptors (Lipinski definition) is 5. The summed E-state index contributed by atoms with van der Waals surface area (Å²) in [4.78, 5) is 13.0. The van der Waals surface area contributed by atoms with Crippen LogP contribution in [0.2, 0.25) is 0 Å². The average Bonchev–Trinajstić information content (AvgIpc) is 3.11. The summed E-state index contributed by atoms with van der Waals surface area (Å²) in [5.41, 5.74) is 0.814. The van der Waals surface area contributed by atoms with Crippen LogP contribution in [0.1, 0.15) is 32.1 Å². The molecule has 2 aliphatic carbocycles. The van der Waals surface area contributed by atoms with Crippen LogP contribution in [-0.2, 0) is 4.79 Å². The van der Waals surface area contributed by atoms with Gasteiger partial charge in [-0.05, 0) is 49.7 Å². The van der Waals surface area contributed by atoms with Crippen molar-refractivity contribution >= 4 is 35.1 Å². The van der Waals surface area contributed by atoms with E-state index in [9.17, 15) is 4.79 Å². The molecule has 2 aliphatic heterocycles. The van der Waals surface area contributed by atoms with E-state index >= 15 is 0 Å². The first-order valence-electron chi connectivity index (χ1n) is 9.73. The smallest absolute Gasteiger partial charge is 0.227 e. The minimum atomic E-state index is 0.144. The Hall–Kier alpha value is -1.01. The van der Waals surface area contributed by atoms with Crippen LogP contribution in [0.4, 0.5) is 5.69 Å².